The number of hydrogen-bond donors (Lipinski definition) is 0. The minimum atomic E-state index is 1.40. The smallest absolute Gasteiger partial charge is 0.0377 e. The fourth-order valence-corrected chi connectivity index (χ4v) is 2.63. The van der Waals surface area contributed by atoms with Gasteiger partial charge < -0.3 is 0 Å². The molecule has 1 aromatic carbocycles. The number of aryl methyl sites for hydroxylation is 3. The first-order valence-corrected chi connectivity index (χ1v) is 5.02. The summed E-state index contributed by atoms with van der Waals surface area (Å²) >= 11 is 1.84. The fraction of sp³-hybridized carbons (Fsp3) is 0.273. The van der Waals surface area contributed by atoms with Crippen LogP contribution in [0.4, 0.5) is 0 Å². The van der Waals surface area contributed by atoms with Gasteiger partial charge in [-0.15, -0.1) is 11.3 Å². The maximum absolute atomic E-state index is 2.27. The van der Waals surface area contributed by atoms with Crippen molar-refractivity contribution in [2.75, 3.05) is 0 Å². The van der Waals surface area contributed by atoms with E-state index < -0.39 is 0 Å². The summed E-state index contributed by atoms with van der Waals surface area (Å²) in [6.45, 7) is 6.57. The summed E-state index contributed by atoms with van der Waals surface area (Å²) in [5.41, 5.74) is 4.24. The van der Waals surface area contributed by atoms with Crippen LogP contribution < -0.4 is 0 Å². The lowest BCUT2D eigenvalue weighted by atomic mass is 10.0. The molecule has 0 nitrogen and oxygen atoms in total. The largest absolute Gasteiger partial charge is 0.144 e. The Labute approximate surface area is 76.8 Å². The Bertz CT molecular complexity index is 424. The SMILES string of the molecule is Cc1cc(C)c2ccsc2c1C. The van der Waals surface area contributed by atoms with E-state index in [-0.39, 0.29) is 0 Å². The molecular formula is C11H12S. The van der Waals surface area contributed by atoms with Crippen molar-refractivity contribution in [3.05, 3.63) is 34.2 Å². The number of benzene rings is 1. The molecule has 0 aliphatic carbocycles. The molecule has 62 valence electrons. The van der Waals surface area contributed by atoms with E-state index in [1.165, 1.54) is 26.8 Å². The van der Waals surface area contributed by atoms with Crippen LogP contribution in [0.25, 0.3) is 10.1 Å². The molecule has 0 aliphatic heterocycles. The van der Waals surface area contributed by atoms with E-state index in [1.807, 2.05) is 11.3 Å². The van der Waals surface area contributed by atoms with Crippen LogP contribution in [0.3, 0.4) is 0 Å². The summed E-state index contributed by atoms with van der Waals surface area (Å²) in [7, 11) is 0. The van der Waals surface area contributed by atoms with Crippen LogP contribution in [0, 0.1) is 20.8 Å². The van der Waals surface area contributed by atoms with Crippen LogP contribution >= 0.6 is 11.3 Å². The fourth-order valence-electron chi connectivity index (χ4n) is 1.60. The predicted molar refractivity (Wildman–Crippen MR) is 56.0 cm³/mol. The maximum atomic E-state index is 2.27. The Balaban J connectivity index is 2.97. The topological polar surface area (TPSA) is 0 Å². The van der Waals surface area contributed by atoms with Gasteiger partial charge in [0.15, 0.2) is 0 Å². The van der Waals surface area contributed by atoms with Gasteiger partial charge in [-0.1, -0.05) is 6.07 Å². The quantitative estimate of drug-likeness (QED) is 0.572. The second-order valence-corrected chi connectivity index (χ2v) is 4.21. The molecule has 0 amide bonds. The molecule has 1 heterocycles. The van der Waals surface area contributed by atoms with Gasteiger partial charge in [-0.25, -0.2) is 0 Å². The van der Waals surface area contributed by atoms with Gasteiger partial charge in [0.25, 0.3) is 0 Å². The molecule has 0 aliphatic rings. The van der Waals surface area contributed by atoms with E-state index in [1.54, 1.807) is 0 Å². The molecular weight excluding hydrogens is 164 g/mol. The normalized spacial score (nSPS) is 10.9. The molecule has 0 saturated heterocycles. The Hall–Kier alpha value is -0.820. The summed E-state index contributed by atoms with van der Waals surface area (Å²) in [6.07, 6.45) is 0. The van der Waals surface area contributed by atoms with Crippen LogP contribution in [-0.2, 0) is 0 Å². The van der Waals surface area contributed by atoms with Gasteiger partial charge in [0.1, 0.15) is 0 Å². The maximum Gasteiger partial charge on any atom is 0.0377 e. The minimum absolute atomic E-state index is 1.40. The van der Waals surface area contributed by atoms with Crippen molar-refractivity contribution < 1.29 is 0 Å². The number of thiophene rings is 1. The molecule has 1 heteroatoms. The third-order valence-electron chi connectivity index (χ3n) is 2.46. The predicted octanol–water partition coefficient (Wildman–Crippen LogP) is 3.83. The van der Waals surface area contributed by atoms with Crippen molar-refractivity contribution in [3.8, 4) is 0 Å². The monoisotopic (exact) mass is 176 g/mol. The highest BCUT2D eigenvalue weighted by Crippen LogP contribution is 2.29. The van der Waals surface area contributed by atoms with Gasteiger partial charge in [-0.05, 0) is 54.3 Å². The van der Waals surface area contributed by atoms with Crippen LogP contribution in [0.15, 0.2) is 17.5 Å². The van der Waals surface area contributed by atoms with Crippen molar-refractivity contribution in [3.63, 3.8) is 0 Å². The lowest BCUT2D eigenvalue weighted by molar-refractivity contribution is 1.36. The summed E-state index contributed by atoms with van der Waals surface area (Å²) in [6, 6.07) is 4.48. The second-order valence-electron chi connectivity index (χ2n) is 3.30. The summed E-state index contributed by atoms with van der Waals surface area (Å²) in [5, 5.41) is 3.59. The zero-order valence-corrected chi connectivity index (χ0v) is 8.46. The van der Waals surface area contributed by atoms with Crippen LogP contribution in [0.2, 0.25) is 0 Å². The summed E-state index contributed by atoms with van der Waals surface area (Å²) in [5.74, 6) is 0. The lowest BCUT2D eigenvalue weighted by Gasteiger charge is -2.03. The van der Waals surface area contributed by atoms with Gasteiger partial charge in [-0.2, -0.15) is 0 Å². The number of fused-ring (bicyclic) bond motifs is 1. The van der Waals surface area contributed by atoms with Gasteiger partial charge in [-0.3, -0.25) is 0 Å². The summed E-state index contributed by atoms with van der Waals surface area (Å²) < 4.78 is 1.45. The summed E-state index contributed by atoms with van der Waals surface area (Å²) in [4.78, 5) is 0. The first-order valence-electron chi connectivity index (χ1n) is 4.14. The van der Waals surface area contributed by atoms with E-state index in [4.69, 9.17) is 0 Å². The van der Waals surface area contributed by atoms with E-state index >= 15 is 0 Å². The average molecular weight is 176 g/mol. The van der Waals surface area contributed by atoms with Crippen molar-refractivity contribution in [2.24, 2.45) is 0 Å². The highest BCUT2D eigenvalue weighted by atomic mass is 32.1. The number of hydrogen-bond acceptors (Lipinski definition) is 1. The molecule has 0 bridgehead atoms. The third kappa shape index (κ3) is 0.969. The Morgan fingerprint density at radius 2 is 1.83 bits per heavy atom. The molecule has 2 aromatic rings. The van der Waals surface area contributed by atoms with Crippen molar-refractivity contribution >= 4 is 21.4 Å². The van der Waals surface area contributed by atoms with Gasteiger partial charge >= 0.3 is 0 Å². The molecule has 0 saturated carbocycles. The van der Waals surface area contributed by atoms with Gasteiger partial charge in [0.05, 0.1) is 0 Å². The van der Waals surface area contributed by atoms with E-state index in [2.05, 4.69) is 38.3 Å². The highest BCUT2D eigenvalue weighted by molar-refractivity contribution is 7.17. The molecule has 0 radical (unpaired) electrons. The molecule has 2 rings (SSSR count). The number of rotatable bonds is 0. The highest BCUT2D eigenvalue weighted by Gasteiger charge is 2.03. The Kier molecular flexibility index (Phi) is 1.69. The minimum Gasteiger partial charge on any atom is -0.144 e. The Morgan fingerprint density at radius 1 is 1.08 bits per heavy atom. The van der Waals surface area contributed by atoms with E-state index in [0.717, 1.165) is 0 Å². The van der Waals surface area contributed by atoms with Crippen LogP contribution in [0.5, 0.6) is 0 Å². The molecule has 0 atom stereocenters. The molecule has 0 N–H and O–H groups in total. The first-order chi connectivity index (χ1) is 5.70. The standard InChI is InChI=1S/C11H12S/c1-7-6-8(2)10-4-5-12-11(10)9(7)3/h4-6H,1-3H3. The molecule has 12 heavy (non-hydrogen) atoms. The van der Waals surface area contributed by atoms with Gasteiger partial charge in [0.2, 0.25) is 0 Å². The first kappa shape index (κ1) is 7.81. The zero-order chi connectivity index (χ0) is 8.72. The van der Waals surface area contributed by atoms with E-state index in [9.17, 15) is 0 Å². The van der Waals surface area contributed by atoms with Crippen molar-refractivity contribution in [1.82, 2.24) is 0 Å². The lowest BCUT2D eigenvalue weighted by Crippen LogP contribution is -1.83. The Morgan fingerprint density at radius 3 is 2.58 bits per heavy atom. The average Bonchev–Trinajstić information content (AvgIpc) is 2.48. The molecule has 0 spiro atoms. The van der Waals surface area contributed by atoms with Crippen molar-refractivity contribution in [1.29, 1.82) is 0 Å². The molecule has 0 fully saturated rings. The van der Waals surface area contributed by atoms with Gasteiger partial charge in [0, 0.05) is 4.70 Å². The van der Waals surface area contributed by atoms with Crippen LogP contribution in [0.1, 0.15) is 16.7 Å². The second kappa shape index (κ2) is 2.60. The third-order valence-corrected chi connectivity index (χ3v) is 3.49. The van der Waals surface area contributed by atoms with E-state index in [0.29, 0.717) is 0 Å². The molecule has 1 aromatic heterocycles. The zero-order valence-electron chi connectivity index (χ0n) is 7.64. The molecule has 0 unspecified atom stereocenters. The van der Waals surface area contributed by atoms with Crippen molar-refractivity contribution in [2.45, 2.75) is 20.8 Å². The van der Waals surface area contributed by atoms with Crippen LogP contribution in [-0.4, -0.2) is 0 Å².